The van der Waals surface area contributed by atoms with Crippen LogP contribution in [0.4, 0.5) is 5.00 Å². The molecule has 1 amide bonds. The summed E-state index contributed by atoms with van der Waals surface area (Å²) in [4.78, 5) is 28.7. The van der Waals surface area contributed by atoms with E-state index < -0.39 is 5.97 Å². The van der Waals surface area contributed by atoms with Crippen molar-refractivity contribution in [2.75, 3.05) is 18.9 Å². The number of halogens is 1. The Bertz CT molecular complexity index is 1180. The van der Waals surface area contributed by atoms with Gasteiger partial charge in [0.05, 0.1) is 11.1 Å². The van der Waals surface area contributed by atoms with Crippen LogP contribution >= 0.6 is 27.3 Å². The van der Waals surface area contributed by atoms with Gasteiger partial charge < -0.3 is 20.3 Å². The van der Waals surface area contributed by atoms with E-state index in [4.69, 9.17) is 4.74 Å². The number of nitrogens with zero attached hydrogens (tertiary/aromatic N) is 1. The Hall–Kier alpha value is -2.68. The van der Waals surface area contributed by atoms with Crippen molar-refractivity contribution in [1.82, 2.24) is 10.2 Å². The summed E-state index contributed by atoms with van der Waals surface area (Å²) in [6.07, 6.45) is 0.572. The van der Waals surface area contributed by atoms with Crippen LogP contribution in [0.2, 0.25) is 0 Å². The first-order valence-electron chi connectivity index (χ1n) is 9.96. The maximum atomic E-state index is 12.8. The molecule has 0 radical (unpaired) electrons. The number of rotatable bonds is 3. The molecule has 6 nitrogen and oxygen atoms in total. The van der Waals surface area contributed by atoms with Crippen LogP contribution in [0, 0.1) is 0 Å². The van der Waals surface area contributed by atoms with Crippen LogP contribution in [0.5, 0.6) is 5.75 Å². The summed E-state index contributed by atoms with van der Waals surface area (Å²) in [6, 6.07) is 14.3. The fourth-order valence-electron chi connectivity index (χ4n) is 3.92. The molecule has 8 heteroatoms. The summed E-state index contributed by atoms with van der Waals surface area (Å²) in [5.74, 6) is -0.00550. The van der Waals surface area contributed by atoms with Crippen molar-refractivity contribution in [1.29, 1.82) is 0 Å². The van der Waals surface area contributed by atoms with Crippen molar-refractivity contribution in [2.45, 2.75) is 19.1 Å². The van der Waals surface area contributed by atoms with E-state index >= 15 is 0 Å². The number of esters is 1. The number of carbonyl (C=O) groups excluding carboxylic acids is 2. The van der Waals surface area contributed by atoms with E-state index in [9.17, 15) is 9.59 Å². The SMILES string of the molecule is CN1CCc2c(sc3c2C(=O)NC(c2ccc(OC(=O)c4cccc(Br)c4)cc2)N3)C1. The van der Waals surface area contributed by atoms with Crippen LogP contribution < -0.4 is 15.4 Å². The minimum Gasteiger partial charge on any atom is -0.423 e. The molecule has 5 rings (SSSR count). The van der Waals surface area contributed by atoms with E-state index in [2.05, 4.69) is 38.5 Å². The number of ether oxygens (including phenoxy) is 1. The zero-order valence-electron chi connectivity index (χ0n) is 16.8. The molecule has 1 aromatic heterocycles. The molecule has 0 fully saturated rings. The zero-order chi connectivity index (χ0) is 21.5. The van der Waals surface area contributed by atoms with E-state index in [1.54, 1.807) is 41.7 Å². The number of likely N-dealkylation sites (N-methyl/N-ethyl adjacent to an activating group) is 1. The Morgan fingerprint density at radius 2 is 2.00 bits per heavy atom. The fourth-order valence-corrected chi connectivity index (χ4v) is 5.67. The molecule has 2 aliphatic rings. The van der Waals surface area contributed by atoms with Crippen molar-refractivity contribution in [3.05, 3.63) is 80.1 Å². The highest BCUT2D eigenvalue weighted by Crippen LogP contribution is 2.40. The van der Waals surface area contributed by atoms with Crippen LogP contribution in [-0.4, -0.2) is 30.4 Å². The van der Waals surface area contributed by atoms with E-state index in [0.29, 0.717) is 11.3 Å². The summed E-state index contributed by atoms with van der Waals surface area (Å²) < 4.78 is 6.29. The van der Waals surface area contributed by atoms with Crippen molar-refractivity contribution in [2.24, 2.45) is 0 Å². The lowest BCUT2D eigenvalue weighted by Crippen LogP contribution is -2.38. The Kier molecular flexibility index (Phi) is 5.29. The van der Waals surface area contributed by atoms with Gasteiger partial charge in [-0.05, 0) is 54.9 Å². The van der Waals surface area contributed by atoms with Crippen molar-refractivity contribution < 1.29 is 14.3 Å². The standard InChI is InChI=1S/C23H20BrN3O3S/c1-27-10-9-17-18(12-27)31-22-19(17)21(28)25-20(26-22)13-5-7-16(8-6-13)30-23(29)14-3-2-4-15(24)11-14/h2-8,11,20,26H,9-10,12H2,1H3,(H,25,28). The van der Waals surface area contributed by atoms with Gasteiger partial charge in [-0.1, -0.05) is 34.1 Å². The van der Waals surface area contributed by atoms with Crippen LogP contribution in [-0.2, 0) is 13.0 Å². The van der Waals surface area contributed by atoms with Gasteiger partial charge in [0.1, 0.15) is 16.9 Å². The highest BCUT2D eigenvalue weighted by Gasteiger charge is 2.32. The van der Waals surface area contributed by atoms with Gasteiger partial charge in [-0.3, -0.25) is 4.79 Å². The maximum absolute atomic E-state index is 12.8. The third kappa shape index (κ3) is 3.98. The number of thiophene rings is 1. The van der Waals surface area contributed by atoms with Gasteiger partial charge in [-0.15, -0.1) is 11.3 Å². The van der Waals surface area contributed by atoms with Gasteiger partial charge in [0.2, 0.25) is 0 Å². The predicted molar refractivity (Wildman–Crippen MR) is 124 cm³/mol. The van der Waals surface area contributed by atoms with Crippen LogP contribution in [0.25, 0.3) is 0 Å². The maximum Gasteiger partial charge on any atom is 0.343 e. The van der Waals surface area contributed by atoms with Crippen LogP contribution in [0.3, 0.4) is 0 Å². The highest BCUT2D eigenvalue weighted by molar-refractivity contribution is 9.10. The molecule has 158 valence electrons. The minimum atomic E-state index is -0.420. The lowest BCUT2D eigenvalue weighted by molar-refractivity contribution is 0.0734. The molecule has 2 N–H and O–H groups in total. The molecule has 0 bridgehead atoms. The Balaban J connectivity index is 1.32. The van der Waals surface area contributed by atoms with Gasteiger partial charge in [0.25, 0.3) is 5.91 Å². The Labute approximate surface area is 192 Å². The second-order valence-electron chi connectivity index (χ2n) is 7.72. The molecule has 1 atom stereocenters. The number of anilines is 1. The van der Waals surface area contributed by atoms with E-state index in [1.807, 2.05) is 18.2 Å². The largest absolute Gasteiger partial charge is 0.423 e. The predicted octanol–water partition coefficient (Wildman–Crippen LogP) is 4.57. The second kappa shape index (κ2) is 8.11. The summed E-state index contributed by atoms with van der Waals surface area (Å²) in [5, 5.41) is 7.45. The second-order valence-corrected chi connectivity index (χ2v) is 9.74. The fraction of sp³-hybridized carbons (Fsp3) is 0.217. The molecule has 31 heavy (non-hydrogen) atoms. The van der Waals surface area contributed by atoms with Gasteiger partial charge in [-0.25, -0.2) is 4.79 Å². The first kappa shape index (κ1) is 20.2. The van der Waals surface area contributed by atoms with Gasteiger partial charge in [0.15, 0.2) is 0 Å². The first-order valence-corrected chi connectivity index (χ1v) is 11.6. The molecule has 0 spiro atoms. The average molecular weight is 498 g/mol. The smallest absolute Gasteiger partial charge is 0.343 e. The molecule has 0 saturated heterocycles. The summed E-state index contributed by atoms with van der Waals surface area (Å²) in [7, 11) is 2.10. The molecule has 0 aliphatic carbocycles. The summed E-state index contributed by atoms with van der Waals surface area (Å²) >= 11 is 5.02. The van der Waals surface area contributed by atoms with E-state index in [0.717, 1.165) is 40.1 Å². The molecule has 3 heterocycles. The normalized spacial score (nSPS) is 17.9. The Morgan fingerprint density at radius 1 is 1.19 bits per heavy atom. The number of nitrogens with one attached hydrogen (secondary N) is 2. The average Bonchev–Trinajstić information content (AvgIpc) is 3.12. The third-order valence-electron chi connectivity index (χ3n) is 5.51. The molecule has 3 aromatic rings. The third-order valence-corrected chi connectivity index (χ3v) is 7.15. The topological polar surface area (TPSA) is 70.7 Å². The van der Waals surface area contributed by atoms with Crippen LogP contribution in [0.15, 0.2) is 53.0 Å². The number of carbonyl (C=O) groups is 2. The van der Waals surface area contributed by atoms with Crippen molar-refractivity contribution in [3.8, 4) is 5.75 Å². The zero-order valence-corrected chi connectivity index (χ0v) is 19.2. The number of benzene rings is 2. The van der Waals surface area contributed by atoms with Gasteiger partial charge in [0, 0.05) is 22.4 Å². The van der Waals surface area contributed by atoms with Gasteiger partial charge >= 0.3 is 5.97 Å². The molecule has 1 unspecified atom stereocenters. The number of fused-ring (bicyclic) bond motifs is 3. The van der Waals surface area contributed by atoms with E-state index in [1.165, 1.54) is 10.4 Å². The Morgan fingerprint density at radius 3 is 2.77 bits per heavy atom. The van der Waals surface area contributed by atoms with Crippen molar-refractivity contribution >= 4 is 44.1 Å². The van der Waals surface area contributed by atoms with Crippen LogP contribution in [0.1, 0.15) is 42.9 Å². The van der Waals surface area contributed by atoms with E-state index in [-0.39, 0.29) is 12.1 Å². The molecule has 0 saturated carbocycles. The lowest BCUT2D eigenvalue weighted by Gasteiger charge is -2.27. The number of amides is 1. The minimum absolute atomic E-state index is 0.0361. The first-order chi connectivity index (χ1) is 15.0. The number of hydrogen-bond acceptors (Lipinski definition) is 6. The molecule has 2 aliphatic heterocycles. The quantitative estimate of drug-likeness (QED) is 0.409. The van der Waals surface area contributed by atoms with Gasteiger partial charge in [-0.2, -0.15) is 0 Å². The lowest BCUT2D eigenvalue weighted by atomic mass is 10.0. The molecular formula is C23H20BrN3O3S. The molecular weight excluding hydrogens is 478 g/mol. The summed E-state index contributed by atoms with van der Waals surface area (Å²) in [6.45, 7) is 1.84. The highest BCUT2D eigenvalue weighted by atomic mass is 79.9. The number of hydrogen-bond donors (Lipinski definition) is 2. The van der Waals surface area contributed by atoms with Crippen molar-refractivity contribution in [3.63, 3.8) is 0 Å². The summed E-state index contributed by atoms with van der Waals surface area (Å²) in [5.41, 5.74) is 3.34. The molecule has 2 aromatic carbocycles. The monoisotopic (exact) mass is 497 g/mol.